The van der Waals surface area contributed by atoms with Gasteiger partial charge in [0.25, 0.3) is 0 Å². The van der Waals surface area contributed by atoms with Crippen molar-refractivity contribution in [3.8, 4) is 11.5 Å². The first kappa shape index (κ1) is 20.7. The minimum atomic E-state index is -0.424. The maximum Gasteiger partial charge on any atom is 0.244 e. The minimum Gasteiger partial charge on any atom is -0.497 e. The molecule has 0 aliphatic carbocycles. The van der Waals surface area contributed by atoms with Gasteiger partial charge in [-0.1, -0.05) is 28.1 Å². The molecule has 1 amide bonds. The average molecular weight is 456 g/mol. The van der Waals surface area contributed by atoms with Crippen molar-refractivity contribution in [2.24, 2.45) is 7.05 Å². The molecule has 0 saturated carbocycles. The molecule has 0 bridgehead atoms. The summed E-state index contributed by atoms with van der Waals surface area (Å²) < 4.78 is 13.5. The van der Waals surface area contributed by atoms with E-state index in [2.05, 4.69) is 26.2 Å². The van der Waals surface area contributed by atoms with Crippen LogP contribution in [0, 0.1) is 0 Å². The highest BCUT2D eigenvalue weighted by molar-refractivity contribution is 9.10. The molecule has 0 aliphatic heterocycles. The van der Waals surface area contributed by atoms with Gasteiger partial charge in [-0.05, 0) is 42.0 Å². The number of carbonyl (C=O) groups is 1. The highest BCUT2D eigenvalue weighted by Crippen LogP contribution is 2.26. The molecule has 0 aliphatic rings. The smallest absolute Gasteiger partial charge is 0.244 e. The van der Waals surface area contributed by atoms with Crippen molar-refractivity contribution < 1.29 is 14.3 Å². The molecule has 1 heterocycles. The second kappa shape index (κ2) is 9.43. The van der Waals surface area contributed by atoms with E-state index in [9.17, 15) is 4.79 Å². The molecule has 7 heteroatoms. The van der Waals surface area contributed by atoms with Crippen LogP contribution in [0.25, 0.3) is 6.08 Å². The number of carbonyl (C=O) groups excluding carboxylic acids is 1. The summed E-state index contributed by atoms with van der Waals surface area (Å²) in [4.78, 5) is 17.1. The number of ether oxygens (including phenoxy) is 2. The van der Waals surface area contributed by atoms with E-state index in [1.165, 1.54) is 6.08 Å². The molecule has 29 heavy (non-hydrogen) atoms. The quantitative estimate of drug-likeness (QED) is 0.544. The molecule has 1 atom stereocenters. The Morgan fingerprint density at radius 2 is 2.03 bits per heavy atom. The van der Waals surface area contributed by atoms with Crippen LogP contribution < -0.4 is 14.8 Å². The fourth-order valence-electron chi connectivity index (χ4n) is 2.96. The number of amides is 1. The second-order valence-electron chi connectivity index (χ2n) is 6.33. The lowest BCUT2D eigenvalue weighted by Crippen LogP contribution is -2.29. The predicted molar refractivity (Wildman–Crippen MR) is 116 cm³/mol. The Hall–Kier alpha value is -3.06. The van der Waals surface area contributed by atoms with Crippen molar-refractivity contribution in [3.05, 3.63) is 82.4 Å². The zero-order chi connectivity index (χ0) is 20.8. The SMILES string of the molecule is COc1cccc(C(NC(=O)/C=C/c2cc(Br)ccc2OC)c2nccn2C)c1. The van der Waals surface area contributed by atoms with Crippen molar-refractivity contribution in [3.63, 3.8) is 0 Å². The van der Waals surface area contributed by atoms with Crippen molar-refractivity contribution in [2.75, 3.05) is 14.2 Å². The zero-order valence-electron chi connectivity index (χ0n) is 16.4. The minimum absolute atomic E-state index is 0.247. The topological polar surface area (TPSA) is 65.4 Å². The molecule has 3 rings (SSSR count). The van der Waals surface area contributed by atoms with Crippen molar-refractivity contribution >= 4 is 27.9 Å². The Morgan fingerprint density at radius 3 is 2.72 bits per heavy atom. The Kier molecular flexibility index (Phi) is 6.72. The first-order chi connectivity index (χ1) is 14.0. The van der Waals surface area contributed by atoms with Crippen LogP contribution >= 0.6 is 15.9 Å². The van der Waals surface area contributed by atoms with Crippen molar-refractivity contribution in [1.82, 2.24) is 14.9 Å². The summed E-state index contributed by atoms with van der Waals surface area (Å²) in [5, 5.41) is 3.03. The van der Waals surface area contributed by atoms with E-state index in [0.717, 1.165) is 21.4 Å². The lowest BCUT2D eigenvalue weighted by Gasteiger charge is -2.19. The first-order valence-electron chi connectivity index (χ1n) is 8.95. The van der Waals surface area contributed by atoms with Crippen LogP contribution in [0.3, 0.4) is 0 Å². The summed E-state index contributed by atoms with van der Waals surface area (Å²) in [5.41, 5.74) is 1.67. The normalized spacial score (nSPS) is 12.0. The summed E-state index contributed by atoms with van der Waals surface area (Å²) in [6.45, 7) is 0. The van der Waals surface area contributed by atoms with Gasteiger partial charge in [-0.2, -0.15) is 0 Å². The number of nitrogens with one attached hydrogen (secondary N) is 1. The number of hydrogen-bond donors (Lipinski definition) is 1. The van der Waals surface area contributed by atoms with Gasteiger partial charge in [-0.3, -0.25) is 4.79 Å². The van der Waals surface area contributed by atoms with Gasteiger partial charge >= 0.3 is 0 Å². The predicted octanol–water partition coefficient (Wildman–Crippen LogP) is 4.12. The number of rotatable bonds is 7. The Balaban J connectivity index is 1.87. The van der Waals surface area contributed by atoms with Crippen LogP contribution in [0.1, 0.15) is 23.0 Å². The average Bonchev–Trinajstić information content (AvgIpc) is 3.16. The largest absolute Gasteiger partial charge is 0.497 e. The maximum atomic E-state index is 12.7. The third-order valence-corrected chi connectivity index (χ3v) is 4.93. The highest BCUT2D eigenvalue weighted by atomic mass is 79.9. The third-order valence-electron chi connectivity index (χ3n) is 4.44. The van der Waals surface area contributed by atoms with E-state index in [1.807, 2.05) is 60.3 Å². The number of aryl methyl sites for hydroxylation is 1. The molecule has 3 aromatic rings. The van der Waals surface area contributed by atoms with Crippen LogP contribution in [0.5, 0.6) is 11.5 Å². The van der Waals surface area contributed by atoms with Gasteiger partial charge in [0.05, 0.1) is 14.2 Å². The molecule has 1 unspecified atom stereocenters. The van der Waals surface area contributed by atoms with Gasteiger partial charge in [-0.25, -0.2) is 4.98 Å². The Labute approximate surface area is 178 Å². The van der Waals surface area contributed by atoms with Crippen LogP contribution in [0.15, 0.2) is 65.4 Å². The van der Waals surface area contributed by atoms with Gasteiger partial charge < -0.3 is 19.4 Å². The Bertz CT molecular complexity index is 1030. The molecular weight excluding hydrogens is 434 g/mol. The summed E-state index contributed by atoms with van der Waals surface area (Å²) in [6.07, 6.45) is 6.76. The molecule has 6 nitrogen and oxygen atoms in total. The molecule has 1 aromatic heterocycles. The Morgan fingerprint density at radius 1 is 1.21 bits per heavy atom. The fraction of sp³-hybridized carbons (Fsp3) is 0.182. The summed E-state index contributed by atoms with van der Waals surface area (Å²) >= 11 is 3.44. The molecule has 0 saturated heterocycles. The first-order valence-corrected chi connectivity index (χ1v) is 9.74. The second-order valence-corrected chi connectivity index (χ2v) is 7.25. The maximum absolute atomic E-state index is 12.7. The van der Waals surface area contributed by atoms with Gasteiger partial charge in [0.1, 0.15) is 23.4 Å². The van der Waals surface area contributed by atoms with E-state index in [1.54, 1.807) is 26.5 Å². The van der Waals surface area contributed by atoms with Crippen LogP contribution in [0.2, 0.25) is 0 Å². The molecule has 1 N–H and O–H groups in total. The van der Waals surface area contributed by atoms with Gasteiger partial charge in [0.2, 0.25) is 5.91 Å². The fourth-order valence-corrected chi connectivity index (χ4v) is 3.34. The van der Waals surface area contributed by atoms with Gasteiger partial charge in [0.15, 0.2) is 0 Å². The van der Waals surface area contributed by atoms with Gasteiger partial charge in [-0.15, -0.1) is 0 Å². The van der Waals surface area contributed by atoms with Gasteiger partial charge in [0, 0.05) is 35.6 Å². The van der Waals surface area contributed by atoms with Crippen molar-refractivity contribution in [1.29, 1.82) is 0 Å². The number of hydrogen-bond acceptors (Lipinski definition) is 4. The van der Waals surface area contributed by atoms with E-state index in [4.69, 9.17) is 9.47 Å². The summed E-state index contributed by atoms with van der Waals surface area (Å²) in [6, 6.07) is 12.8. The van der Waals surface area contributed by atoms with Crippen LogP contribution in [-0.4, -0.2) is 29.7 Å². The molecule has 0 fully saturated rings. The van der Waals surface area contributed by atoms with E-state index in [-0.39, 0.29) is 5.91 Å². The van der Waals surface area contributed by atoms with Crippen molar-refractivity contribution in [2.45, 2.75) is 6.04 Å². The lowest BCUT2D eigenvalue weighted by atomic mass is 10.1. The van der Waals surface area contributed by atoms with E-state index >= 15 is 0 Å². The van der Waals surface area contributed by atoms with Crippen LogP contribution in [0.4, 0.5) is 0 Å². The molecule has 0 radical (unpaired) electrons. The number of benzene rings is 2. The number of imidazole rings is 1. The standard InChI is InChI=1S/C22H22BrN3O3/c1-26-12-11-24-22(26)21(16-5-4-6-18(14-16)28-2)25-20(27)10-7-15-13-17(23)8-9-19(15)29-3/h4-14,21H,1-3H3,(H,25,27)/b10-7+. The molecule has 150 valence electrons. The van der Waals surface area contributed by atoms with E-state index < -0.39 is 6.04 Å². The number of halogens is 1. The molecule has 0 spiro atoms. The number of methoxy groups -OCH3 is 2. The summed E-state index contributed by atoms with van der Waals surface area (Å²) in [7, 11) is 5.10. The summed E-state index contributed by atoms with van der Waals surface area (Å²) in [5.74, 6) is 1.87. The molecular formula is C22H22BrN3O3. The molecule has 2 aromatic carbocycles. The highest BCUT2D eigenvalue weighted by Gasteiger charge is 2.20. The monoisotopic (exact) mass is 455 g/mol. The number of aromatic nitrogens is 2. The number of nitrogens with zero attached hydrogens (tertiary/aromatic N) is 2. The van der Waals surface area contributed by atoms with E-state index in [0.29, 0.717) is 11.5 Å². The zero-order valence-corrected chi connectivity index (χ0v) is 18.0. The van der Waals surface area contributed by atoms with Crippen LogP contribution in [-0.2, 0) is 11.8 Å². The lowest BCUT2D eigenvalue weighted by molar-refractivity contribution is -0.117. The third kappa shape index (κ3) is 5.06.